The number of aliphatic carboxylic acids is 1. The molecule has 4 aromatic rings. The first-order valence-corrected chi connectivity index (χ1v) is 15.8. The fraction of sp³-hybridized carbons (Fsp3) is 0.333. The molecule has 0 radical (unpaired) electrons. The molecule has 1 saturated carbocycles. The number of anilines is 2. The third-order valence-electron chi connectivity index (χ3n) is 8.83. The molecule has 2 aliphatic rings. The first-order chi connectivity index (χ1) is 22.3. The monoisotopic (exact) mass is 621 g/mol. The summed E-state index contributed by atoms with van der Waals surface area (Å²) in [5.41, 5.74) is 8.24. The van der Waals surface area contributed by atoms with Crippen molar-refractivity contribution in [3.05, 3.63) is 95.3 Å². The highest BCUT2D eigenvalue weighted by Crippen LogP contribution is 2.57. The van der Waals surface area contributed by atoms with Gasteiger partial charge >= 0.3 is 12.0 Å². The van der Waals surface area contributed by atoms with Crippen LogP contribution in [-0.4, -0.2) is 52.5 Å². The molecule has 46 heavy (non-hydrogen) atoms. The van der Waals surface area contributed by atoms with Crippen LogP contribution < -0.4 is 20.3 Å². The van der Waals surface area contributed by atoms with Gasteiger partial charge in [-0.25, -0.2) is 4.79 Å². The highest BCUT2D eigenvalue weighted by atomic mass is 16.5. The molecule has 0 saturated heterocycles. The van der Waals surface area contributed by atoms with E-state index in [9.17, 15) is 14.4 Å². The summed E-state index contributed by atoms with van der Waals surface area (Å²) in [7, 11) is 0. The number of nitrogens with zero attached hydrogens (tertiary/aromatic N) is 3. The van der Waals surface area contributed by atoms with E-state index in [4.69, 9.17) is 9.84 Å². The quantitative estimate of drug-likeness (QED) is 0.164. The first kappa shape index (κ1) is 30.9. The van der Waals surface area contributed by atoms with Gasteiger partial charge in [0, 0.05) is 42.6 Å². The molecule has 3 amide bonds. The number of carbonyl (C=O) groups is 3. The Morgan fingerprint density at radius 2 is 1.87 bits per heavy atom. The van der Waals surface area contributed by atoms with Crippen LogP contribution in [-0.2, 0) is 16.1 Å². The molecule has 0 spiro atoms. The number of hydrogen-bond acceptors (Lipinski definition) is 5. The average molecular weight is 622 g/mol. The first-order valence-electron chi connectivity index (χ1n) is 15.8. The van der Waals surface area contributed by atoms with Crippen LogP contribution in [0.2, 0.25) is 0 Å². The van der Waals surface area contributed by atoms with Crippen molar-refractivity contribution in [1.82, 2.24) is 15.1 Å². The van der Waals surface area contributed by atoms with Crippen molar-refractivity contribution in [1.29, 1.82) is 0 Å². The number of nitrogens with one attached hydrogen (secondary N) is 2. The number of hydrogen-bond donors (Lipinski definition) is 3. The van der Waals surface area contributed by atoms with Gasteiger partial charge in [-0.1, -0.05) is 36.4 Å². The summed E-state index contributed by atoms with van der Waals surface area (Å²) in [6, 6.07) is 19.3. The average Bonchev–Trinajstić information content (AvgIpc) is 3.68. The highest BCUT2D eigenvalue weighted by molar-refractivity contribution is 5.97. The Kier molecular flexibility index (Phi) is 9.05. The van der Waals surface area contributed by atoms with Crippen molar-refractivity contribution in [2.75, 3.05) is 29.9 Å². The van der Waals surface area contributed by atoms with Gasteiger partial charge in [0.1, 0.15) is 5.75 Å². The maximum Gasteiger partial charge on any atom is 0.319 e. The number of aryl methyl sites for hydroxylation is 1. The predicted molar refractivity (Wildman–Crippen MR) is 176 cm³/mol. The van der Waals surface area contributed by atoms with Gasteiger partial charge in [-0.15, -0.1) is 0 Å². The van der Waals surface area contributed by atoms with E-state index >= 15 is 0 Å². The van der Waals surface area contributed by atoms with Crippen molar-refractivity contribution in [3.63, 3.8) is 0 Å². The number of urea groups is 1. The number of carboxylic acids is 1. The number of ether oxygens (including phenoxy) is 1. The van der Waals surface area contributed by atoms with Gasteiger partial charge < -0.3 is 25.4 Å². The van der Waals surface area contributed by atoms with Crippen LogP contribution in [0, 0.1) is 19.8 Å². The van der Waals surface area contributed by atoms with Crippen LogP contribution in [0.15, 0.2) is 73.1 Å². The van der Waals surface area contributed by atoms with E-state index in [2.05, 4.69) is 47.8 Å². The topological polar surface area (TPSA) is 126 Å². The molecule has 1 fully saturated rings. The predicted octanol–water partition coefficient (Wildman–Crippen LogP) is 6.12. The van der Waals surface area contributed by atoms with Crippen molar-refractivity contribution >= 4 is 29.3 Å². The molecule has 2 heterocycles. The minimum absolute atomic E-state index is 0.0524. The molecule has 1 aliphatic carbocycles. The molecule has 0 unspecified atom stereocenters. The van der Waals surface area contributed by atoms with E-state index in [1.165, 1.54) is 11.1 Å². The zero-order chi connectivity index (χ0) is 32.2. The largest absolute Gasteiger partial charge is 0.493 e. The third-order valence-corrected chi connectivity index (χ3v) is 8.83. The Morgan fingerprint density at radius 1 is 1.04 bits per heavy atom. The normalized spacial score (nSPS) is 16.3. The van der Waals surface area contributed by atoms with E-state index < -0.39 is 12.0 Å². The van der Waals surface area contributed by atoms with Crippen LogP contribution >= 0.6 is 0 Å². The molecular weight excluding hydrogens is 582 g/mol. The van der Waals surface area contributed by atoms with E-state index in [1.807, 2.05) is 58.4 Å². The van der Waals surface area contributed by atoms with E-state index in [-0.39, 0.29) is 18.9 Å². The van der Waals surface area contributed by atoms with Gasteiger partial charge in [-0.05, 0) is 90.6 Å². The summed E-state index contributed by atoms with van der Waals surface area (Å²) >= 11 is 0. The van der Waals surface area contributed by atoms with Gasteiger partial charge in [0.2, 0.25) is 5.91 Å². The van der Waals surface area contributed by atoms with Gasteiger partial charge in [0.15, 0.2) is 0 Å². The molecule has 10 nitrogen and oxygen atoms in total. The summed E-state index contributed by atoms with van der Waals surface area (Å²) in [4.78, 5) is 38.3. The molecule has 2 atom stereocenters. The molecule has 0 bridgehead atoms. The number of fused-ring (bicyclic) bond motifs is 3. The number of aromatic nitrogens is 2. The van der Waals surface area contributed by atoms with Crippen LogP contribution in [0.4, 0.5) is 16.2 Å². The fourth-order valence-electron chi connectivity index (χ4n) is 6.20. The number of carbonyl (C=O) groups excluding carboxylic acids is 2. The molecule has 10 heteroatoms. The highest BCUT2D eigenvalue weighted by Gasteiger charge is 2.47. The van der Waals surface area contributed by atoms with Crippen LogP contribution in [0.1, 0.15) is 53.9 Å². The summed E-state index contributed by atoms with van der Waals surface area (Å²) in [5, 5.41) is 18.7. The van der Waals surface area contributed by atoms with Crippen LogP contribution in [0.3, 0.4) is 0 Å². The second kappa shape index (κ2) is 13.5. The molecule has 3 N–H and O–H groups in total. The van der Waals surface area contributed by atoms with Crippen LogP contribution in [0.25, 0.3) is 11.1 Å². The Hall–Kier alpha value is -5.12. The maximum absolute atomic E-state index is 13.5. The molecular formula is C36H39N5O5. The van der Waals surface area contributed by atoms with Crippen LogP contribution in [0.5, 0.6) is 5.75 Å². The van der Waals surface area contributed by atoms with Gasteiger partial charge in [0.25, 0.3) is 0 Å². The maximum atomic E-state index is 13.5. The second-order valence-corrected chi connectivity index (χ2v) is 12.1. The lowest BCUT2D eigenvalue weighted by Crippen LogP contribution is -2.36. The standard InChI is InChI=1S/C36H39N5O5/c1-23-7-3-12-32(24(23)2)46-16-6-13-33(42)41-22-26-18-30(26)35-29(10-5-11-31(35)41)27-19-38-40(21-27)20-25-8-4-9-28(17-25)39-36(45)37-15-14-34(43)44/h3-5,7-12,17,19,21,26,30H,6,13-16,18,20,22H2,1-2H3,(H,43,44)(H2,37,39,45)/t26-,30-/m0/s1. The summed E-state index contributed by atoms with van der Waals surface area (Å²) in [6.07, 6.45) is 5.93. The van der Waals surface area contributed by atoms with Crippen molar-refractivity contribution in [2.45, 2.75) is 52.0 Å². The summed E-state index contributed by atoms with van der Waals surface area (Å²) in [6.45, 7) is 5.95. The van der Waals surface area contributed by atoms with E-state index in [1.54, 1.807) is 6.07 Å². The minimum Gasteiger partial charge on any atom is -0.493 e. The summed E-state index contributed by atoms with van der Waals surface area (Å²) in [5.74, 6) is 0.980. The number of carboxylic acid groups (broad SMARTS) is 1. The van der Waals surface area contributed by atoms with E-state index in [0.717, 1.165) is 46.7 Å². The molecule has 6 rings (SSSR count). The Labute approximate surface area is 268 Å². The zero-order valence-electron chi connectivity index (χ0n) is 26.2. The van der Waals surface area contributed by atoms with Crippen molar-refractivity contribution in [3.8, 4) is 16.9 Å². The molecule has 238 valence electrons. The third kappa shape index (κ3) is 7.06. The molecule has 1 aliphatic heterocycles. The van der Waals surface area contributed by atoms with Gasteiger partial charge in [0.05, 0.1) is 25.8 Å². The van der Waals surface area contributed by atoms with Crippen molar-refractivity contribution in [2.24, 2.45) is 5.92 Å². The van der Waals surface area contributed by atoms with Gasteiger partial charge in [-0.3, -0.25) is 14.3 Å². The number of amides is 3. The lowest BCUT2D eigenvalue weighted by molar-refractivity contribution is -0.136. The second-order valence-electron chi connectivity index (χ2n) is 12.1. The number of benzene rings is 3. The lowest BCUT2D eigenvalue weighted by atomic mass is 9.92. The number of rotatable bonds is 12. The fourth-order valence-corrected chi connectivity index (χ4v) is 6.20. The lowest BCUT2D eigenvalue weighted by Gasteiger charge is -2.30. The smallest absolute Gasteiger partial charge is 0.319 e. The Bertz CT molecular complexity index is 1770. The van der Waals surface area contributed by atoms with Crippen molar-refractivity contribution < 1.29 is 24.2 Å². The SMILES string of the molecule is Cc1cccc(OCCCC(=O)N2C[C@@H]3C[C@@H]3c3c(-c4cnn(Cc5cccc(NC(=O)NCCC(=O)O)c5)c4)cccc32)c1C. The molecule has 3 aromatic carbocycles. The van der Waals surface area contributed by atoms with Gasteiger partial charge in [-0.2, -0.15) is 5.10 Å². The Morgan fingerprint density at radius 3 is 2.72 bits per heavy atom. The zero-order valence-corrected chi connectivity index (χ0v) is 26.2. The summed E-state index contributed by atoms with van der Waals surface area (Å²) < 4.78 is 7.87. The molecule has 1 aromatic heterocycles. The Balaban J connectivity index is 1.10. The minimum atomic E-state index is -0.967. The van der Waals surface area contributed by atoms with E-state index in [0.29, 0.717) is 43.5 Å².